The number of hydrogen-bond donors (Lipinski definition) is 3. The molecular formula is C29H33N3O6. The van der Waals surface area contributed by atoms with Crippen molar-refractivity contribution in [2.75, 3.05) is 6.61 Å². The molecule has 9 heteroatoms. The van der Waals surface area contributed by atoms with Gasteiger partial charge in [-0.3, -0.25) is 14.4 Å². The zero-order chi connectivity index (χ0) is 27.1. The maximum Gasteiger partial charge on any atom is 0.310 e. The first kappa shape index (κ1) is 27.1. The monoisotopic (exact) mass is 519 g/mol. The molecule has 3 N–H and O–H groups in total. The molecule has 0 saturated heterocycles. The smallest absolute Gasteiger partial charge is 0.310 e. The van der Waals surface area contributed by atoms with Gasteiger partial charge in [0.15, 0.2) is 11.5 Å². The number of nitrogens with zero attached hydrogens (tertiary/aromatic N) is 1. The van der Waals surface area contributed by atoms with E-state index in [1.54, 1.807) is 26.0 Å². The fraction of sp³-hybridized carbons (Fsp3) is 0.379. The van der Waals surface area contributed by atoms with Crippen molar-refractivity contribution in [3.8, 4) is 0 Å². The number of hydrogen-bond acceptors (Lipinski definition) is 7. The van der Waals surface area contributed by atoms with Gasteiger partial charge in [0.1, 0.15) is 17.5 Å². The van der Waals surface area contributed by atoms with Crippen molar-refractivity contribution >= 4 is 28.9 Å². The third kappa shape index (κ3) is 6.66. The van der Waals surface area contributed by atoms with Crippen LogP contribution in [0, 0.1) is 11.8 Å². The minimum atomic E-state index is -1.01. The van der Waals surface area contributed by atoms with Crippen molar-refractivity contribution in [1.29, 1.82) is 0 Å². The topological polar surface area (TPSA) is 131 Å². The number of aliphatic hydroxyl groups is 1. The van der Waals surface area contributed by atoms with Gasteiger partial charge >= 0.3 is 5.97 Å². The number of carbonyl (C=O) groups excluding carboxylic acids is 3. The Hall–Kier alpha value is -3.98. The number of cyclic esters (lactones) is 1. The minimum Gasteiger partial charge on any atom is -0.455 e. The number of fused-ring (bicyclic) bond motifs is 1. The van der Waals surface area contributed by atoms with E-state index in [1.165, 1.54) is 0 Å². The summed E-state index contributed by atoms with van der Waals surface area (Å²) in [5, 5.41) is 14.9. The fourth-order valence-electron chi connectivity index (χ4n) is 4.42. The first-order chi connectivity index (χ1) is 18.4. The second kappa shape index (κ2) is 12.5. The summed E-state index contributed by atoms with van der Waals surface area (Å²) in [6, 6.07) is 15.5. The number of rotatable bonds is 6. The second-order valence-electron chi connectivity index (χ2n) is 9.63. The number of oxazole rings is 1. The van der Waals surface area contributed by atoms with Crippen molar-refractivity contribution < 1.29 is 28.6 Å². The molecule has 3 aromatic rings. The average Bonchev–Trinajstić information content (AvgIpc) is 3.33. The maximum atomic E-state index is 13.5. The lowest BCUT2D eigenvalue weighted by Crippen LogP contribution is -2.48. The largest absolute Gasteiger partial charge is 0.455 e. The molecule has 2 amide bonds. The number of allylic oxidation sites excluding steroid dienone is 2. The molecule has 0 radical (unpaired) electrons. The predicted molar refractivity (Wildman–Crippen MR) is 141 cm³/mol. The number of esters is 1. The van der Waals surface area contributed by atoms with Crippen molar-refractivity contribution in [2.45, 2.75) is 51.3 Å². The summed E-state index contributed by atoms with van der Waals surface area (Å²) in [6.07, 6.45) is 3.42. The highest BCUT2D eigenvalue weighted by molar-refractivity contribution is 6.00. The van der Waals surface area contributed by atoms with E-state index in [4.69, 9.17) is 9.15 Å². The molecule has 0 bridgehead atoms. The lowest BCUT2D eigenvalue weighted by molar-refractivity contribution is -0.157. The van der Waals surface area contributed by atoms with E-state index >= 15 is 0 Å². The Bertz CT molecular complexity index is 1250. The Morgan fingerprint density at radius 2 is 1.82 bits per heavy atom. The Labute approximate surface area is 221 Å². The highest BCUT2D eigenvalue weighted by Gasteiger charge is 2.33. The quantitative estimate of drug-likeness (QED) is 0.259. The molecule has 9 nitrogen and oxygen atoms in total. The highest BCUT2D eigenvalue weighted by Crippen LogP contribution is 2.27. The molecule has 2 heterocycles. The number of benzene rings is 2. The number of amides is 2. The van der Waals surface area contributed by atoms with Crippen LogP contribution >= 0.6 is 0 Å². The lowest BCUT2D eigenvalue weighted by Gasteiger charge is -2.29. The summed E-state index contributed by atoms with van der Waals surface area (Å²) in [5.41, 5.74) is 2.07. The number of carbonyl (C=O) groups is 3. The Balaban J connectivity index is 1.63. The molecular weight excluding hydrogens is 486 g/mol. The maximum absolute atomic E-state index is 13.5. The van der Waals surface area contributed by atoms with Crippen LogP contribution in [0.5, 0.6) is 0 Å². The third-order valence-corrected chi connectivity index (χ3v) is 6.54. The first-order valence-electron chi connectivity index (χ1n) is 12.8. The molecule has 38 heavy (non-hydrogen) atoms. The first-order valence-corrected chi connectivity index (χ1v) is 12.8. The van der Waals surface area contributed by atoms with E-state index in [1.807, 2.05) is 54.6 Å². The van der Waals surface area contributed by atoms with Crippen LogP contribution in [0.2, 0.25) is 0 Å². The molecule has 0 saturated carbocycles. The average molecular weight is 520 g/mol. The number of ether oxygens (including phenoxy) is 1. The summed E-state index contributed by atoms with van der Waals surface area (Å²) >= 11 is 0. The molecule has 0 fully saturated rings. The van der Waals surface area contributed by atoms with E-state index in [0.717, 1.165) is 5.56 Å². The Morgan fingerprint density at radius 3 is 2.55 bits per heavy atom. The van der Waals surface area contributed by atoms with Crippen LogP contribution in [0.15, 0.2) is 71.2 Å². The molecule has 3 unspecified atom stereocenters. The Morgan fingerprint density at radius 1 is 1.11 bits per heavy atom. The van der Waals surface area contributed by atoms with Gasteiger partial charge in [-0.1, -0.05) is 54.6 Å². The van der Waals surface area contributed by atoms with Gasteiger partial charge in [-0.05, 0) is 44.4 Å². The number of aromatic nitrogens is 1. The molecule has 1 aromatic heterocycles. The standard InChI is InChI=1S/C29H33N3O6/c1-18(17-33)30-27(34)22-13-7-6-12-21(16-25-32-23-14-8-9-15-24(23)37-25)29(36)38-26(19(2)31-28(22)35)20-10-4-3-5-11-20/h3-11,14-15,18-19,21-22,26,33H,12-13,16-17H2,1-2H3,(H,30,34)(H,31,35)/t18-,19-,21?,22?,26?/m0/s1. The SMILES string of the molecule is C[C@@H]1NC(=O)C(C(=O)N[C@@H](C)CO)CC=CCC(Cc2nc3ccccc3o2)C(=O)OC1c1ccccc1. The van der Waals surface area contributed by atoms with Gasteiger partial charge in [0, 0.05) is 12.5 Å². The molecule has 1 aliphatic rings. The van der Waals surface area contributed by atoms with Gasteiger partial charge in [-0.2, -0.15) is 0 Å². The van der Waals surface area contributed by atoms with Gasteiger partial charge in [-0.15, -0.1) is 0 Å². The van der Waals surface area contributed by atoms with Crippen molar-refractivity contribution in [2.24, 2.45) is 11.8 Å². The van der Waals surface area contributed by atoms with Gasteiger partial charge in [-0.25, -0.2) is 4.98 Å². The molecule has 5 atom stereocenters. The molecule has 0 aliphatic carbocycles. The van der Waals surface area contributed by atoms with E-state index in [0.29, 0.717) is 23.4 Å². The van der Waals surface area contributed by atoms with E-state index in [-0.39, 0.29) is 19.4 Å². The van der Waals surface area contributed by atoms with Crippen LogP contribution in [0.3, 0.4) is 0 Å². The summed E-state index contributed by atoms with van der Waals surface area (Å²) in [6.45, 7) is 3.16. The summed E-state index contributed by atoms with van der Waals surface area (Å²) in [7, 11) is 0. The van der Waals surface area contributed by atoms with Crippen molar-refractivity contribution in [1.82, 2.24) is 15.6 Å². The number of aliphatic hydroxyl groups excluding tert-OH is 1. The van der Waals surface area contributed by atoms with Gasteiger partial charge < -0.3 is 24.9 Å². The number of nitrogens with one attached hydrogen (secondary N) is 2. The fourth-order valence-corrected chi connectivity index (χ4v) is 4.42. The Kier molecular flexibility index (Phi) is 8.91. The third-order valence-electron chi connectivity index (χ3n) is 6.54. The van der Waals surface area contributed by atoms with Crippen LogP contribution in [-0.2, 0) is 25.5 Å². The molecule has 0 spiro atoms. The molecule has 4 rings (SSSR count). The van der Waals surface area contributed by atoms with Crippen LogP contribution < -0.4 is 10.6 Å². The van der Waals surface area contributed by atoms with Crippen LogP contribution in [-0.4, -0.2) is 46.6 Å². The van der Waals surface area contributed by atoms with Gasteiger partial charge in [0.05, 0.1) is 18.6 Å². The van der Waals surface area contributed by atoms with Gasteiger partial charge in [0.25, 0.3) is 0 Å². The summed E-state index contributed by atoms with van der Waals surface area (Å²) < 4.78 is 11.9. The zero-order valence-electron chi connectivity index (χ0n) is 21.5. The zero-order valence-corrected chi connectivity index (χ0v) is 21.5. The van der Waals surface area contributed by atoms with E-state index in [9.17, 15) is 19.5 Å². The van der Waals surface area contributed by atoms with Gasteiger partial charge in [0.2, 0.25) is 11.8 Å². The van der Waals surface area contributed by atoms with Crippen molar-refractivity contribution in [3.05, 3.63) is 78.2 Å². The lowest BCUT2D eigenvalue weighted by atomic mass is 9.96. The van der Waals surface area contributed by atoms with Crippen LogP contribution in [0.25, 0.3) is 11.1 Å². The van der Waals surface area contributed by atoms with Crippen LogP contribution in [0.1, 0.15) is 44.2 Å². The van der Waals surface area contributed by atoms with Crippen molar-refractivity contribution in [3.63, 3.8) is 0 Å². The van der Waals surface area contributed by atoms with E-state index < -0.39 is 47.8 Å². The number of para-hydroxylation sites is 2. The van der Waals surface area contributed by atoms with E-state index in [2.05, 4.69) is 15.6 Å². The minimum absolute atomic E-state index is 0.142. The molecule has 2 aromatic carbocycles. The predicted octanol–water partition coefficient (Wildman–Crippen LogP) is 3.24. The molecule has 1 aliphatic heterocycles. The normalized spacial score (nSPS) is 23.6. The second-order valence-corrected chi connectivity index (χ2v) is 9.63. The van der Waals surface area contributed by atoms with Crippen LogP contribution in [0.4, 0.5) is 0 Å². The molecule has 200 valence electrons. The summed E-state index contributed by atoms with van der Waals surface area (Å²) in [5.74, 6) is -2.56. The highest BCUT2D eigenvalue weighted by atomic mass is 16.5. The summed E-state index contributed by atoms with van der Waals surface area (Å²) in [4.78, 5) is 44.0.